The molecule has 0 aliphatic carbocycles. The lowest BCUT2D eigenvalue weighted by Crippen LogP contribution is -1.81. The largest absolute Gasteiger partial charge is 0.443 e. The minimum absolute atomic E-state index is 0.171. The molecule has 2 N–H and O–H groups in total. The van der Waals surface area contributed by atoms with Gasteiger partial charge in [-0.2, -0.15) is 4.98 Å². The van der Waals surface area contributed by atoms with Gasteiger partial charge in [0.15, 0.2) is 17.7 Å². The molecule has 5 nitrogen and oxygen atoms in total. The van der Waals surface area contributed by atoms with Crippen molar-refractivity contribution < 1.29 is 8.83 Å². The van der Waals surface area contributed by atoms with Crippen molar-refractivity contribution in [2.24, 2.45) is 0 Å². The van der Waals surface area contributed by atoms with E-state index in [0.717, 1.165) is 16.8 Å². The van der Waals surface area contributed by atoms with Crippen molar-refractivity contribution in [1.29, 1.82) is 0 Å². The Kier molecular flexibility index (Phi) is 1.73. The highest BCUT2D eigenvalue weighted by molar-refractivity contribution is 5.79. The van der Waals surface area contributed by atoms with Crippen molar-refractivity contribution in [3.8, 4) is 11.3 Å². The van der Waals surface area contributed by atoms with Crippen LogP contribution in [0, 0.1) is 6.92 Å². The molecule has 2 heterocycles. The number of hydrogen-bond donors (Lipinski definition) is 1. The summed E-state index contributed by atoms with van der Waals surface area (Å²) in [7, 11) is 0. The summed E-state index contributed by atoms with van der Waals surface area (Å²) in [6.07, 6.45) is 1.41. The Labute approximate surface area is 90.9 Å². The fourth-order valence-electron chi connectivity index (χ4n) is 1.68. The maximum Gasteiger partial charge on any atom is 0.292 e. The summed E-state index contributed by atoms with van der Waals surface area (Å²) in [4.78, 5) is 8.06. The van der Waals surface area contributed by atoms with E-state index in [4.69, 9.17) is 14.6 Å². The average molecular weight is 215 g/mol. The Morgan fingerprint density at radius 1 is 1.31 bits per heavy atom. The van der Waals surface area contributed by atoms with Crippen molar-refractivity contribution in [3.05, 3.63) is 30.3 Å². The Hall–Kier alpha value is -2.30. The Morgan fingerprint density at radius 3 is 2.94 bits per heavy atom. The number of nitrogens with zero attached hydrogens (tertiary/aromatic N) is 2. The van der Waals surface area contributed by atoms with Crippen molar-refractivity contribution in [3.63, 3.8) is 0 Å². The molecule has 0 spiro atoms. The third kappa shape index (κ3) is 1.25. The molecule has 16 heavy (non-hydrogen) atoms. The minimum atomic E-state index is 0.171. The molecule has 0 unspecified atom stereocenters. The second kappa shape index (κ2) is 3.10. The second-order valence-electron chi connectivity index (χ2n) is 3.50. The van der Waals surface area contributed by atoms with Crippen LogP contribution in [-0.4, -0.2) is 9.97 Å². The summed E-state index contributed by atoms with van der Waals surface area (Å²) < 4.78 is 10.6. The lowest BCUT2D eigenvalue weighted by atomic mass is 10.1. The number of aromatic nitrogens is 2. The molecule has 0 bridgehead atoms. The van der Waals surface area contributed by atoms with Crippen molar-refractivity contribution in [2.75, 3.05) is 5.73 Å². The molecule has 0 radical (unpaired) electrons. The quantitative estimate of drug-likeness (QED) is 0.674. The van der Waals surface area contributed by atoms with Crippen LogP contribution in [0.1, 0.15) is 5.69 Å². The van der Waals surface area contributed by atoms with Gasteiger partial charge in [0.1, 0.15) is 5.52 Å². The van der Waals surface area contributed by atoms with Gasteiger partial charge in [0.05, 0.1) is 5.69 Å². The van der Waals surface area contributed by atoms with Gasteiger partial charge in [0, 0.05) is 5.56 Å². The highest BCUT2D eigenvalue weighted by atomic mass is 16.4. The van der Waals surface area contributed by atoms with Gasteiger partial charge < -0.3 is 14.6 Å². The first-order valence-electron chi connectivity index (χ1n) is 4.80. The SMILES string of the molecule is Cc1nc(N)oc1-c1ccc2ncoc2c1. The number of anilines is 1. The minimum Gasteiger partial charge on any atom is -0.443 e. The maximum absolute atomic E-state index is 5.50. The van der Waals surface area contributed by atoms with Crippen LogP contribution < -0.4 is 5.73 Å². The normalized spacial score (nSPS) is 11.1. The van der Waals surface area contributed by atoms with E-state index in [1.165, 1.54) is 6.39 Å². The first-order valence-corrected chi connectivity index (χ1v) is 4.80. The number of rotatable bonds is 1. The number of benzene rings is 1. The second-order valence-corrected chi connectivity index (χ2v) is 3.50. The number of nitrogens with two attached hydrogens (primary N) is 1. The molecule has 0 atom stereocenters. The van der Waals surface area contributed by atoms with E-state index < -0.39 is 0 Å². The van der Waals surface area contributed by atoms with Crippen LogP contribution in [0.3, 0.4) is 0 Å². The van der Waals surface area contributed by atoms with Crippen molar-refractivity contribution in [2.45, 2.75) is 6.92 Å². The molecule has 3 aromatic rings. The standard InChI is InChI=1S/C11H9N3O2/c1-6-10(16-11(12)14-6)7-2-3-8-9(4-7)15-5-13-8/h2-5H,1H3,(H2,12,14). The number of fused-ring (bicyclic) bond motifs is 1. The van der Waals surface area contributed by atoms with Crippen molar-refractivity contribution in [1.82, 2.24) is 9.97 Å². The fraction of sp³-hybridized carbons (Fsp3) is 0.0909. The van der Waals surface area contributed by atoms with Gasteiger partial charge in [-0.1, -0.05) is 0 Å². The van der Waals surface area contributed by atoms with Gasteiger partial charge in [0.2, 0.25) is 0 Å². The zero-order chi connectivity index (χ0) is 11.1. The summed E-state index contributed by atoms with van der Waals surface area (Å²) in [5.41, 5.74) is 8.67. The predicted octanol–water partition coefficient (Wildman–Crippen LogP) is 2.37. The van der Waals surface area contributed by atoms with E-state index in [1.54, 1.807) is 0 Å². The monoisotopic (exact) mass is 215 g/mol. The van der Waals surface area contributed by atoms with Crippen molar-refractivity contribution >= 4 is 17.1 Å². The van der Waals surface area contributed by atoms with Crippen LogP contribution in [-0.2, 0) is 0 Å². The Bertz CT molecular complexity index is 654. The molecule has 0 saturated carbocycles. The highest BCUT2D eigenvalue weighted by Crippen LogP contribution is 2.27. The molecule has 5 heteroatoms. The average Bonchev–Trinajstić information content (AvgIpc) is 2.83. The zero-order valence-electron chi connectivity index (χ0n) is 8.60. The molecule has 0 aliphatic rings. The van der Waals surface area contributed by atoms with E-state index in [9.17, 15) is 0 Å². The van der Waals surface area contributed by atoms with Gasteiger partial charge in [-0.25, -0.2) is 4.98 Å². The Morgan fingerprint density at radius 2 is 2.19 bits per heavy atom. The van der Waals surface area contributed by atoms with E-state index >= 15 is 0 Å². The third-order valence-corrected chi connectivity index (χ3v) is 2.41. The molecule has 3 rings (SSSR count). The molecule has 0 fully saturated rings. The molecular formula is C11H9N3O2. The van der Waals surface area contributed by atoms with Gasteiger partial charge in [0.25, 0.3) is 6.01 Å². The molecule has 2 aromatic heterocycles. The topological polar surface area (TPSA) is 78.1 Å². The number of hydrogen-bond acceptors (Lipinski definition) is 5. The first-order chi connectivity index (χ1) is 7.74. The van der Waals surface area contributed by atoms with Gasteiger partial charge in [-0.05, 0) is 25.1 Å². The van der Waals surface area contributed by atoms with E-state index in [2.05, 4.69) is 9.97 Å². The zero-order valence-corrected chi connectivity index (χ0v) is 8.60. The number of aryl methyl sites for hydroxylation is 1. The van der Waals surface area contributed by atoms with Gasteiger partial charge >= 0.3 is 0 Å². The summed E-state index contributed by atoms with van der Waals surface area (Å²) in [6.45, 7) is 1.85. The molecular weight excluding hydrogens is 206 g/mol. The maximum atomic E-state index is 5.50. The van der Waals surface area contributed by atoms with Crippen LogP contribution in [0.25, 0.3) is 22.4 Å². The van der Waals surface area contributed by atoms with Crippen LogP contribution in [0.5, 0.6) is 0 Å². The lowest BCUT2D eigenvalue weighted by Gasteiger charge is -1.96. The predicted molar refractivity (Wildman–Crippen MR) is 58.7 cm³/mol. The summed E-state index contributed by atoms with van der Waals surface area (Å²) >= 11 is 0. The lowest BCUT2D eigenvalue weighted by molar-refractivity contribution is 0.591. The van der Waals surface area contributed by atoms with Crippen LogP contribution >= 0.6 is 0 Å². The molecule has 0 aliphatic heterocycles. The smallest absolute Gasteiger partial charge is 0.292 e. The van der Waals surface area contributed by atoms with Gasteiger partial charge in [-0.15, -0.1) is 0 Å². The molecule has 80 valence electrons. The highest BCUT2D eigenvalue weighted by Gasteiger charge is 2.11. The Balaban J connectivity index is 2.21. The molecule has 0 saturated heterocycles. The summed E-state index contributed by atoms with van der Waals surface area (Å²) in [6, 6.07) is 5.80. The molecule has 0 amide bonds. The van der Waals surface area contributed by atoms with E-state index in [0.29, 0.717) is 11.3 Å². The van der Waals surface area contributed by atoms with Gasteiger partial charge in [-0.3, -0.25) is 0 Å². The van der Waals surface area contributed by atoms with Crippen LogP contribution in [0.15, 0.2) is 33.4 Å². The fourth-order valence-corrected chi connectivity index (χ4v) is 1.68. The van der Waals surface area contributed by atoms with E-state index in [1.807, 2.05) is 25.1 Å². The third-order valence-electron chi connectivity index (χ3n) is 2.41. The number of nitrogen functional groups attached to an aromatic ring is 1. The summed E-state index contributed by atoms with van der Waals surface area (Å²) in [5, 5.41) is 0. The molecule has 1 aromatic carbocycles. The summed E-state index contributed by atoms with van der Waals surface area (Å²) in [5.74, 6) is 0.663. The van der Waals surface area contributed by atoms with E-state index in [-0.39, 0.29) is 6.01 Å². The first kappa shape index (κ1) is 8.96. The van der Waals surface area contributed by atoms with Crippen LogP contribution in [0.2, 0.25) is 0 Å². The number of oxazole rings is 2. The van der Waals surface area contributed by atoms with Crippen LogP contribution in [0.4, 0.5) is 6.01 Å².